The lowest BCUT2D eigenvalue weighted by Gasteiger charge is -2.29. The molecule has 1 aliphatic heterocycles. The molecule has 31 heavy (non-hydrogen) atoms. The van der Waals surface area contributed by atoms with Crippen LogP contribution >= 0.6 is 27.5 Å². The Morgan fingerprint density at radius 3 is 2.58 bits per heavy atom. The number of ether oxygens (including phenoxy) is 2. The van der Waals surface area contributed by atoms with E-state index < -0.39 is 6.04 Å². The Balaban J connectivity index is 1.76. The number of halogens is 2. The van der Waals surface area contributed by atoms with E-state index in [1.807, 2.05) is 31.2 Å². The molecule has 3 aromatic rings. The zero-order valence-corrected chi connectivity index (χ0v) is 19.3. The molecule has 0 saturated carbocycles. The maximum atomic E-state index is 13.5. The molecular formula is C21H19BrClN5O3. The van der Waals surface area contributed by atoms with Crippen molar-refractivity contribution in [2.45, 2.75) is 13.0 Å². The van der Waals surface area contributed by atoms with Gasteiger partial charge in [0.2, 0.25) is 5.95 Å². The van der Waals surface area contributed by atoms with Crippen molar-refractivity contribution in [2.24, 2.45) is 0 Å². The van der Waals surface area contributed by atoms with Crippen LogP contribution in [0.5, 0.6) is 11.5 Å². The highest BCUT2D eigenvalue weighted by molar-refractivity contribution is 9.10. The minimum atomic E-state index is -0.466. The Morgan fingerprint density at radius 2 is 1.90 bits per heavy atom. The van der Waals surface area contributed by atoms with E-state index in [9.17, 15) is 4.79 Å². The van der Waals surface area contributed by atoms with Crippen molar-refractivity contribution in [1.29, 1.82) is 0 Å². The molecule has 1 amide bonds. The number of aromatic nitrogens is 3. The number of nitrogens with one attached hydrogen (secondary N) is 2. The lowest BCUT2D eigenvalue weighted by atomic mass is 9.95. The number of methoxy groups -OCH3 is 2. The van der Waals surface area contributed by atoms with Gasteiger partial charge in [-0.3, -0.25) is 4.79 Å². The lowest BCUT2D eigenvalue weighted by molar-refractivity contribution is -0.113. The first-order valence-corrected chi connectivity index (χ1v) is 10.5. The number of rotatable bonds is 5. The average Bonchev–Trinajstić information content (AvgIpc) is 3.22. The molecule has 1 aromatic heterocycles. The highest BCUT2D eigenvalue weighted by atomic mass is 79.9. The molecule has 160 valence electrons. The molecule has 0 aliphatic carbocycles. The Kier molecular flexibility index (Phi) is 5.88. The smallest absolute Gasteiger partial charge is 0.255 e. The minimum absolute atomic E-state index is 0.318. The summed E-state index contributed by atoms with van der Waals surface area (Å²) in [4.78, 5) is 17.8. The number of amides is 1. The molecule has 2 N–H and O–H groups in total. The number of allylic oxidation sites excluding steroid dienone is 1. The van der Waals surface area contributed by atoms with Crippen molar-refractivity contribution >= 4 is 45.1 Å². The average molecular weight is 505 g/mol. The molecule has 0 unspecified atom stereocenters. The van der Waals surface area contributed by atoms with Crippen LogP contribution in [-0.4, -0.2) is 34.9 Å². The monoisotopic (exact) mass is 503 g/mol. The number of hydrogen-bond donors (Lipinski definition) is 2. The SMILES string of the molecule is COc1cc(NC(=O)C2=C(C)Nc3ncnn3[C@@H]2c2ccc(Br)cc2)c(OC)cc1Cl. The highest BCUT2D eigenvalue weighted by Gasteiger charge is 2.33. The largest absolute Gasteiger partial charge is 0.495 e. The van der Waals surface area contributed by atoms with Gasteiger partial charge in [0.05, 0.1) is 30.5 Å². The second-order valence-corrected chi connectivity index (χ2v) is 8.11. The van der Waals surface area contributed by atoms with Crippen molar-refractivity contribution in [3.8, 4) is 11.5 Å². The third-order valence-corrected chi connectivity index (χ3v) is 5.77. The Labute approximate surface area is 192 Å². The van der Waals surface area contributed by atoms with Gasteiger partial charge < -0.3 is 20.1 Å². The summed E-state index contributed by atoms with van der Waals surface area (Å²) in [5.41, 5.74) is 2.50. The number of carbonyl (C=O) groups excluding carboxylic acids is 1. The summed E-state index contributed by atoms with van der Waals surface area (Å²) >= 11 is 9.64. The molecule has 8 nitrogen and oxygen atoms in total. The van der Waals surface area contributed by atoms with Gasteiger partial charge >= 0.3 is 0 Å². The van der Waals surface area contributed by atoms with Crippen LogP contribution in [0.2, 0.25) is 5.02 Å². The van der Waals surface area contributed by atoms with Gasteiger partial charge in [0.15, 0.2) is 0 Å². The van der Waals surface area contributed by atoms with Crippen LogP contribution in [0, 0.1) is 0 Å². The number of fused-ring (bicyclic) bond motifs is 1. The van der Waals surface area contributed by atoms with Crippen molar-refractivity contribution in [3.05, 3.63) is 69.1 Å². The predicted molar refractivity (Wildman–Crippen MR) is 122 cm³/mol. The van der Waals surface area contributed by atoms with E-state index >= 15 is 0 Å². The third-order valence-electron chi connectivity index (χ3n) is 4.95. The Hall–Kier alpha value is -3.04. The fraction of sp³-hybridized carbons (Fsp3) is 0.190. The number of benzene rings is 2. The van der Waals surface area contributed by atoms with Crippen LogP contribution < -0.4 is 20.1 Å². The molecule has 4 rings (SSSR count). The van der Waals surface area contributed by atoms with Crippen molar-refractivity contribution < 1.29 is 14.3 Å². The molecule has 2 aromatic carbocycles. The van der Waals surface area contributed by atoms with E-state index in [1.54, 1.807) is 16.8 Å². The van der Waals surface area contributed by atoms with Gasteiger partial charge in [-0.1, -0.05) is 39.7 Å². The molecular weight excluding hydrogens is 486 g/mol. The van der Waals surface area contributed by atoms with Crippen LogP contribution in [0.3, 0.4) is 0 Å². The molecule has 1 aliphatic rings. The second kappa shape index (κ2) is 8.60. The van der Waals surface area contributed by atoms with Crippen LogP contribution in [0.25, 0.3) is 0 Å². The Morgan fingerprint density at radius 1 is 1.19 bits per heavy atom. The summed E-state index contributed by atoms with van der Waals surface area (Å²) in [6.07, 6.45) is 1.45. The van der Waals surface area contributed by atoms with E-state index in [2.05, 4.69) is 36.6 Å². The summed E-state index contributed by atoms with van der Waals surface area (Å²) in [6.45, 7) is 1.83. The molecule has 0 fully saturated rings. The quantitative estimate of drug-likeness (QED) is 0.526. The minimum Gasteiger partial charge on any atom is -0.495 e. The van der Waals surface area contributed by atoms with Gasteiger partial charge in [-0.25, -0.2) is 4.68 Å². The van der Waals surface area contributed by atoms with Crippen LogP contribution in [0.4, 0.5) is 11.6 Å². The van der Waals surface area contributed by atoms with Crippen molar-refractivity contribution in [2.75, 3.05) is 24.9 Å². The number of nitrogens with zero attached hydrogens (tertiary/aromatic N) is 3. The van der Waals surface area contributed by atoms with Gasteiger partial charge in [-0.2, -0.15) is 10.1 Å². The van der Waals surface area contributed by atoms with E-state index in [1.165, 1.54) is 20.5 Å². The van der Waals surface area contributed by atoms with E-state index in [0.717, 1.165) is 10.0 Å². The summed E-state index contributed by atoms with van der Waals surface area (Å²) in [5.74, 6) is 1.09. The summed E-state index contributed by atoms with van der Waals surface area (Å²) in [7, 11) is 3.01. The molecule has 0 bridgehead atoms. The standard InChI is InChI=1S/C21H19BrClN5O3/c1-11-18(20(29)27-15-9-16(30-2)14(23)8-17(15)31-3)19(12-4-6-13(22)7-5-12)28-21(26-11)24-10-25-28/h4-10,19H,1-3H3,(H,27,29)(H,24,25,26)/t19-/m1/s1. The van der Waals surface area contributed by atoms with Gasteiger partial charge in [-0.15, -0.1) is 0 Å². The molecule has 0 spiro atoms. The van der Waals surface area contributed by atoms with Gasteiger partial charge in [0, 0.05) is 22.3 Å². The topological polar surface area (TPSA) is 90.3 Å². The fourth-order valence-corrected chi connectivity index (χ4v) is 3.98. The first-order valence-electron chi connectivity index (χ1n) is 9.28. The molecule has 10 heteroatoms. The van der Waals surface area contributed by atoms with E-state index in [4.69, 9.17) is 21.1 Å². The van der Waals surface area contributed by atoms with Crippen LogP contribution in [0.15, 0.2) is 58.5 Å². The zero-order chi connectivity index (χ0) is 22.1. The summed E-state index contributed by atoms with van der Waals surface area (Å²) in [5, 5.41) is 10.8. The van der Waals surface area contributed by atoms with Gasteiger partial charge in [0.1, 0.15) is 23.9 Å². The van der Waals surface area contributed by atoms with E-state index in [-0.39, 0.29) is 5.91 Å². The van der Waals surface area contributed by atoms with Crippen molar-refractivity contribution in [3.63, 3.8) is 0 Å². The maximum Gasteiger partial charge on any atom is 0.255 e. The first kappa shape index (κ1) is 21.2. The van der Waals surface area contributed by atoms with Crippen molar-refractivity contribution in [1.82, 2.24) is 14.8 Å². The second-order valence-electron chi connectivity index (χ2n) is 6.79. The number of carbonyl (C=O) groups is 1. The number of anilines is 2. The highest BCUT2D eigenvalue weighted by Crippen LogP contribution is 2.39. The third kappa shape index (κ3) is 3.98. The fourth-order valence-electron chi connectivity index (χ4n) is 3.49. The normalized spacial score (nSPS) is 15.2. The predicted octanol–water partition coefficient (Wildman–Crippen LogP) is 4.64. The maximum absolute atomic E-state index is 13.5. The molecule has 2 heterocycles. The first-order chi connectivity index (χ1) is 14.9. The lowest BCUT2D eigenvalue weighted by Crippen LogP contribution is -2.31. The number of hydrogen-bond acceptors (Lipinski definition) is 6. The Bertz CT molecular complexity index is 1180. The zero-order valence-electron chi connectivity index (χ0n) is 16.9. The van der Waals surface area contributed by atoms with Crippen LogP contribution in [-0.2, 0) is 4.79 Å². The molecule has 1 atom stereocenters. The molecule has 0 saturated heterocycles. The molecule has 0 radical (unpaired) electrons. The van der Waals surface area contributed by atoms with Gasteiger partial charge in [-0.05, 0) is 24.6 Å². The van der Waals surface area contributed by atoms with E-state index in [0.29, 0.717) is 39.4 Å². The summed E-state index contributed by atoms with van der Waals surface area (Å²) < 4.78 is 13.3. The summed E-state index contributed by atoms with van der Waals surface area (Å²) in [6, 6.07) is 10.5. The van der Waals surface area contributed by atoms with Crippen LogP contribution in [0.1, 0.15) is 18.5 Å². The van der Waals surface area contributed by atoms with Gasteiger partial charge in [0.25, 0.3) is 5.91 Å².